The van der Waals surface area contributed by atoms with Gasteiger partial charge in [0.2, 0.25) is 0 Å². The highest BCUT2D eigenvalue weighted by Crippen LogP contribution is 2.17. The van der Waals surface area contributed by atoms with Crippen LogP contribution in [-0.2, 0) is 23.1 Å². The van der Waals surface area contributed by atoms with Crippen LogP contribution in [0.1, 0.15) is 19.2 Å². The molecule has 0 spiro atoms. The molecule has 0 radical (unpaired) electrons. The summed E-state index contributed by atoms with van der Waals surface area (Å²) in [6.45, 7) is 2.56. The number of aryl methyl sites for hydroxylation is 2. The third-order valence-electron chi connectivity index (χ3n) is 2.83. The Morgan fingerprint density at radius 3 is 2.72 bits per heavy atom. The first-order valence-electron chi connectivity index (χ1n) is 5.90. The largest absolute Gasteiger partial charge is 0.328 e. The molecule has 0 aliphatic heterocycles. The second-order valence-electron chi connectivity index (χ2n) is 4.16. The Kier molecular flexibility index (Phi) is 3.68. The van der Waals surface area contributed by atoms with Crippen LogP contribution >= 0.6 is 0 Å². The average molecular weight is 268 g/mol. The number of aromatic nitrogens is 2. The minimum atomic E-state index is -3.88. The fourth-order valence-electron chi connectivity index (χ4n) is 2.05. The predicted octanol–water partition coefficient (Wildman–Crippen LogP) is 1.88. The molecular weight excluding hydrogens is 252 g/mol. The molecule has 0 saturated heterocycles. The molecular formula is C12H16N2O3S. The molecule has 0 fully saturated rings. The van der Waals surface area contributed by atoms with Gasteiger partial charge in [-0.3, -0.25) is 4.55 Å². The van der Waals surface area contributed by atoms with Crippen LogP contribution in [0, 0.1) is 0 Å². The van der Waals surface area contributed by atoms with Crippen LogP contribution in [0.5, 0.6) is 0 Å². The topological polar surface area (TPSA) is 72.2 Å². The lowest BCUT2D eigenvalue weighted by molar-refractivity contribution is 0.478. The highest BCUT2D eigenvalue weighted by molar-refractivity contribution is 7.85. The van der Waals surface area contributed by atoms with Gasteiger partial charge in [0, 0.05) is 13.0 Å². The maximum Gasteiger partial charge on any atom is 0.264 e. The van der Waals surface area contributed by atoms with Crippen LogP contribution in [-0.4, -0.2) is 28.3 Å². The molecule has 0 aliphatic rings. The van der Waals surface area contributed by atoms with Gasteiger partial charge >= 0.3 is 0 Å². The molecule has 0 saturated carbocycles. The van der Waals surface area contributed by atoms with Crippen molar-refractivity contribution < 1.29 is 13.0 Å². The summed E-state index contributed by atoms with van der Waals surface area (Å²) in [4.78, 5) is 4.50. The third-order valence-corrected chi connectivity index (χ3v) is 3.64. The summed E-state index contributed by atoms with van der Waals surface area (Å²) < 4.78 is 32.2. The van der Waals surface area contributed by atoms with Gasteiger partial charge in [-0.1, -0.05) is 19.1 Å². The highest BCUT2D eigenvalue weighted by atomic mass is 32.2. The standard InChI is InChI=1S/C12H16N2O3S/c1-2-12-13-10-6-3-4-7-11(10)14(12)8-5-9-18(15,16)17/h3-4,6-7H,2,5,8-9H2,1H3,(H,15,16,17). The van der Waals surface area contributed by atoms with E-state index in [1.807, 2.05) is 35.8 Å². The molecule has 98 valence electrons. The Bertz CT molecular complexity index is 646. The average Bonchev–Trinajstić information content (AvgIpc) is 2.66. The zero-order chi connectivity index (χ0) is 13.2. The molecule has 1 N–H and O–H groups in total. The highest BCUT2D eigenvalue weighted by Gasteiger charge is 2.10. The van der Waals surface area contributed by atoms with Crippen molar-refractivity contribution in [1.29, 1.82) is 0 Å². The molecule has 0 amide bonds. The van der Waals surface area contributed by atoms with Crippen molar-refractivity contribution in [2.75, 3.05) is 5.75 Å². The summed E-state index contributed by atoms with van der Waals surface area (Å²) in [7, 11) is -3.88. The first kappa shape index (κ1) is 13.0. The van der Waals surface area contributed by atoms with Gasteiger partial charge in [0.25, 0.3) is 10.1 Å². The van der Waals surface area contributed by atoms with Crippen LogP contribution in [0.15, 0.2) is 24.3 Å². The molecule has 0 unspecified atom stereocenters. The predicted molar refractivity (Wildman–Crippen MR) is 70.1 cm³/mol. The van der Waals surface area contributed by atoms with E-state index >= 15 is 0 Å². The van der Waals surface area contributed by atoms with Crippen LogP contribution in [0.2, 0.25) is 0 Å². The minimum absolute atomic E-state index is 0.220. The summed E-state index contributed by atoms with van der Waals surface area (Å²) >= 11 is 0. The van der Waals surface area contributed by atoms with E-state index in [0.29, 0.717) is 13.0 Å². The number of hydrogen-bond donors (Lipinski definition) is 1. The fraction of sp³-hybridized carbons (Fsp3) is 0.417. The molecule has 5 nitrogen and oxygen atoms in total. The van der Waals surface area contributed by atoms with Gasteiger partial charge in [-0.05, 0) is 18.6 Å². The monoisotopic (exact) mass is 268 g/mol. The number of para-hydroxylation sites is 2. The zero-order valence-corrected chi connectivity index (χ0v) is 11.0. The van der Waals surface area contributed by atoms with Gasteiger partial charge in [-0.15, -0.1) is 0 Å². The van der Waals surface area contributed by atoms with Gasteiger partial charge in [0.1, 0.15) is 5.82 Å². The maximum absolute atomic E-state index is 10.7. The normalized spacial score (nSPS) is 12.1. The first-order valence-corrected chi connectivity index (χ1v) is 7.51. The number of rotatable bonds is 5. The van der Waals surface area contributed by atoms with Gasteiger partial charge in [0.15, 0.2) is 0 Å². The second kappa shape index (κ2) is 5.07. The van der Waals surface area contributed by atoms with E-state index in [1.54, 1.807) is 0 Å². The van der Waals surface area contributed by atoms with E-state index in [4.69, 9.17) is 4.55 Å². The van der Waals surface area contributed by atoms with E-state index in [9.17, 15) is 8.42 Å². The van der Waals surface area contributed by atoms with Gasteiger partial charge in [0.05, 0.1) is 16.8 Å². The second-order valence-corrected chi connectivity index (χ2v) is 5.73. The molecule has 0 atom stereocenters. The van der Waals surface area contributed by atoms with Gasteiger partial charge < -0.3 is 4.57 Å². The molecule has 0 bridgehead atoms. The Balaban J connectivity index is 2.25. The van der Waals surface area contributed by atoms with Crippen molar-refractivity contribution in [2.24, 2.45) is 0 Å². The Hall–Kier alpha value is -1.40. The summed E-state index contributed by atoms with van der Waals surface area (Å²) in [5.74, 6) is 0.717. The SMILES string of the molecule is CCc1nc2ccccc2n1CCCS(=O)(=O)O. The Morgan fingerprint density at radius 2 is 2.06 bits per heavy atom. The van der Waals surface area contributed by atoms with Crippen molar-refractivity contribution in [2.45, 2.75) is 26.3 Å². The van der Waals surface area contributed by atoms with Crippen LogP contribution < -0.4 is 0 Å². The molecule has 1 aromatic carbocycles. The summed E-state index contributed by atoms with van der Waals surface area (Å²) in [6, 6.07) is 7.77. The first-order chi connectivity index (χ1) is 8.51. The van der Waals surface area contributed by atoms with Crippen LogP contribution in [0.4, 0.5) is 0 Å². The number of benzene rings is 1. The van der Waals surface area contributed by atoms with Crippen LogP contribution in [0.3, 0.4) is 0 Å². The van der Waals surface area contributed by atoms with E-state index in [2.05, 4.69) is 4.98 Å². The minimum Gasteiger partial charge on any atom is -0.328 e. The Labute approximate surface area is 106 Å². The number of nitrogens with zero attached hydrogens (tertiary/aromatic N) is 2. The molecule has 0 aliphatic carbocycles. The summed E-state index contributed by atoms with van der Waals surface area (Å²) in [6.07, 6.45) is 1.17. The van der Waals surface area contributed by atoms with Crippen molar-refractivity contribution in [3.05, 3.63) is 30.1 Å². The smallest absolute Gasteiger partial charge is 0.264 e. The van der Waals surface area contributed by atoms with Crippen molar-refractivity contribution in [3.8, 4) is 0 Å². The van der Waals surface area contributed by atoms with Gasteiger partial charge in [-0.25, -0.2) is 4.98 Å². The quantitative estimate of drug-likeness (QED) is 0.840. The number of fused-ring (bicyclic) bond motifs is 1. The van der Waals surface area contributed by atoms with E-state index in [-0.39, 0.29) is 5.75 Å². The van der Waals surface area contributed by atoms with Crippen molar-refractivity contribution in [3.63, 3.8) is 0 Å². The lowest BCUT2D eigenvalue weighted by Gasteiger charge is -2.07. The lowest BCUT2D eigenvalue weighted by Crippen LogP contribution is -2.09. The molecule has 2 rings (SSSR count). The zero-order valence-electron chi connectivity index (χ0n) is 10.2. The molecule has 2 aromatic rings. The fourth-order valence-corrected chi connectivity index (χ4v) is 2.54. The molecule has 1 heterocycles. The van der Waals surface area contributed by atoms with E-state index in [0.717, 1.165) is 23.3 Å². The maximum atomic E-state index is 10.7. The lowest BCUT2D eigenvalue weighted by atomic mass is 10.3. The number of imidazole rings is 1. The summed E-state index contributed by atoms with van der Waals surface area (Å²) in [5.41, 5.74) is 1.92. The third kappa shape index (κ3) is 2.88. The van der Waals surface area contributed by atoms with Crippen molar-refractivity contribution >= 4 is 21.2 Å². The molecule has 6 heteroatoms. The number of hydrogen-bond acceptors (Lipinski definition) is 3. The van der Waals surface area contributed by atoms with E-state index < -0.39 is 10.1 Å². The Morgan fingerprint density at radius 1 is 1.33 bits per heavy atom. The summed E-state index contributed by atoms with van der Waals surface area (Å²) in [5, 5.41) is 0. The van der Waals surface area contributed by atoms with Crippen LogP contribution in [0.25, 0.3) is 11.0 Å². The van der Waals surface area contributed by atoms with E-state index in [1.165, 1.54) is 0 Å². The van der Waals surface area contributed by atoms with Crippen molar-refractivity contribution in [1.82, 2.24) is 9.55 Å². The molecule has 18 heavy (non-hydrogen) atoms. The van der Waals surface area contributed by atoms with Gasteiger partial charge in [-0.2, -0.15) is 8.42 Å². The molecule has 1 aromatic heterocycles.